The van der Waals surface area contributed by atoms with Crippen LogP contribution in [0.25, 0.3) is 11.4 Å². The number of pyridine rings is 1. The summed E-state index contributed by atoms with van der Waals surface area (Å²) in [4.78, 5) is 8.13. The zero-order chi connectivity index (χ0) is 8.23. The van der Waals surface area contributed by atoms with Gasteiger partial charge >= 0.3 is 0 Å². The third-order valence-electron chi connectivity index (χ3n) is 1.42. The lowest BCUT2D eigenvalue weighted by atomic mass is 10.3. The molecule has 12 heavy (non-hydrogen) atoms. The first-order chi connectivity index (χ1) is 5.97. The molecule has 0 spiro atoms. The maximum absolute atomic E-state index is 4.12. The molecule has 0 unspecified atom stereocenters. The van der Waals surface area contributed by atoms with Gasteiger partial charge < -0.3 is 0 Å². The highest BCUT2D eigenvalue weighted by Gasteiger charge is 1.97. The minimum atomic E-state index is 0.741. The first-order valence-corrected chi connectivity index (χ1v) is 3.51. The van der Waals surface area contributed by atoms with Crippen LogP contribution in [-0.2, 0) is 0 Å². The fraction of sp³-hybridized carbons (Fsp3) is 0. The fourth-order valence-corrected chi connectivity index (χ4v) is 0.886. The Morgan fingerprint density at radius 2 is 1.92 bits per heavy atom. The number of nitrogens with zero attached hydrogens (tertiary/aromatic N) is 4. The summed E-state index contributed by atoms with van der Waals surface area (Å²) < 4.78 is 0. The first kappa shape index (κ1) is 6.84. The van der Waals surface area contributed by atoms with Gasteiger partial charge in [-0.2, -0.15) is 5.10 Å². The van der Waals surface area contributed by atoms with Gasteiger partial charge in [-0.25, -0.2) is 4.98 Å². The van der Waals surface area contributed by atoms with Crippen LogP contribution >= 0.6 is 0 Å². The fourth-order valence-electron chi connectivity index (χ4n) is 0.886. The summed E-state index contributed by atoms with van der Waals surface area (Å²) in [6.07, 6.45) is 4.71. The molecule has 0 aliphatic carbocycles. The predicted octanol–water partition coefficient (Wildman–Crippen LogP) is 0.934. The molecule has 0 saturated carbocycles. The second-order valence-electron chi connectivity index (χ2n) is 2.20. The summed E-state index contributed by atoms with van der Waals surface area (Å²) in [5, 5.41) is 7.29. The summed E-state index contributed by atoms with van der Waals surface area (Å²) in [6, 6.07) is 5.65. The Kier molecular flexibility index (Phi) is 1.74. The van der Waals surface area contributed by atoms with Gasteiger partial charge in [-0.1, -0.05) is 6.07 Å². The van der Waals surface area contributed by atoms with Crippen LogP contribution in [0.4, 0.5) is 0 Å². The lowest BCUT2D eigenvalue weighted by Crippen LogP contribution is -1.88. The molecule has 0 fully saturated rings. The number of hydrogen-bond donors (Lipinski definition) is 0. The molecule has 58 valence electrons. The van der Waals surface area contributed by atoms with Gasteiger partial charge in [0.25, 0.3) is 0 Å². The molecule has 2 aromatic rings. The van der Waals surface area contributed by atoms with Crippen molar-refractivity contribution in [3.8, 4) is 11.4 Å². The molecule has 4 heteroatoms. The normalized spacial score (nSPS) is 9.67. The van der Waals surface area contributed by atoms with Crippen molar-refractivity contribution in [3.05, 3.63) is 36.9 Å². The summed E-state index contributed by atoms with van der Waals surface area (Å²) in [7, 11) is 0. The molecule has 0 aliphatic rings. The number of hydrogen-bond acceptors (Lipinski definition) is 4. The highest BCUT2D eigenvalue weighted by Crippen LogP contribution is 2.09. The quantitative estimate of drug-likeness (QED) is 0.619. The minimum Gasteiger partial charge on any atom is -0.255 e. The van der Waals surface area contributed by atoms with Gasteiger partial charge in [-0.3, -0.25) is 4.98 Å². The van der Waals surface area contributed by atoms with Crippen LogP contribution in [0.3, 0.4) is 0 Å². The van der Waals surface area contributed by atoms with Crippen molar-refractivity contribution in [2.45, 2.75) is 0 Å². The lowest BCUT2D eigenvalue weighted by Gasteiger charge is -1.94. The van der Waals surface area contributed by atoms with Crippen LogP contribution in [0, 0.1) is 0 Å². The Balaban J connectivity index is 2.46. The Hall–Kier alpha value is -1.84. The van der Waals surface area contributed by atoms with E-state index in [9.17, 15) is 0 Å². The van der Waals surface area contributed by atoms with Gasteiger partial charge in [-0.15, -0.1) is 5.10 Å². The van der Waals surface area contributed by atoms with E-state index < -0.39 is 0 Å². The van der Waals surface area contributed by atoms with Crippen LogP contribution < -0.4 is 0 Å². The zero-order valence-corrected chi connectivity index (χ0v) is 6.25. The topological polar surface area (TPSA) is 51.6 Å². The van der Waals surface area contributed by atoms with Crippen molar-refractivity contribution in [1.82, 2.24) is 20.2 Å². The van der Waals surface area contributed by atoms with E-state index in [1.165, 1.54) is 6.33 Å². The van der Waals surface area contributed by atoms with Crippen molar-refractivity contribution < 1.29 is 0 Å². The van der Waals surface area contributed by atoms with Crippen molar-refractivity contribution in [2.75, 3.05) is 0 Å². The van der Waals surface area contributed by atoms with E-state index in [1.807, 2.05) is 18.2 Å². The summed E-state index contributed by atoms with van der Waals surface area (Å²) in [5.74, 6) is 0. The Morgan fingerprint density at radius 3 is 2.58 bits per heavy atom. The average Bonchev–Trinajstić information content (AvgIpc) is 2.21. The molecule has 4 nitrogen and oxygen atoms in total. The molecule has 0 amide bonds. The minimum absolute atomic E-state index is 0.741. The molecule has 2 rings (SSSR count). The van der Waals surface area contributed by atoms with Crippen LogP contribution in [0.2, 0.25) is 0 Å². The molecule has 0 saturated heterocycles. The number of aromatic nitrogens is 4. The van der Waals surface area contributed by atoms with Crippen LogP contribution in [0.5, 0.6) is 0 Å². The lowest BCUT2D eigenvalue weighted by molar-refractivity contribution is 0.969. The Morgan fingerprint density at radius 1 is 0.917 bits per heavy atom. The van der Waals surface area contributed by atoms with Gasteiger partial charge in [0, 0.05) is 6.20 Å². The maximum Gasteiger partial charge on any atom is 0.138 e. The van der Waals surface area contributed by atoms with E-state index >= 15 is 0 Å². The van der Waals surface area contributed by atoms with E-state index in [1.54, 1.807) is 12.4 Å². The first-order valence-electron chi connectivity index (χ1n) is 3.51. The van der Waals surface area contributed by atoms with Gasteiger partial charge in [0.15, 0.2) is 0 Å². The second kappa shape index (κ2) is 3.04. The summed E-state index contributed by atoms with van der Waals surface area (Å²) in [6.45, 7) is 0. The van der Waals surface area contributed by atoms with E-state index in [2.05, 4.69) is 20.2 Å². The molecular weight excluding hydrogens is 152 g/mol. The molecule has 0 atom stereocenters. The SMILES string of the molecule is c1ccc(-c2cnncn2)nc1. The molecule has 2 heterocycles. The van der Waals surface area contributed by atoms with Crippen molar-refractivity contribution >= 4 is 0 Å². The largest absolute Gasteiger partial charge is 0.255 e. The van der Waals surface area contributed by atoms with Gasteiger partial charge in [-0.05, 0) is 12.1 Å². The molecule has 0 radical (unpaired) electrons. The van der Waals surface area contributed by atoms with Gasteiger partial charge in [0.2, 0.25) is 0 Å². The molecule has 0 N–H and O–H groups in total. The second-order valence-corrected chi connectivity index (χ2v) is 2.20. The monoisotopic (exact) mass is 158 g/mol. The third-order valence-corrected chi connectivity index (χ3v) is 1.42. The van der Waals surface area contributed by atoms with Crippen molar-refractivity contribution in [3.63, 3.8) is 0 Å². The van der Waals surface area contributed by atoms with E-state index in [4.69, 9.17) is 0 Å². The zero-order valence-electron chi connectivity index (χ0n) is 6.25. The molecular formula is C8H6N4. The third kappa shape index (κ3) is 1.27. The van der Waals surface area contributed by atoms with Gasteiger partial charge in [0.05, 0.1) is 11.9 Å². The highest BCUT2D eigenvalue weighted by molar-refractivity contribution is 5.51. The molecule has 0 aromatic carbocycles. The van der Waals surface area contributed by atoms with E-state index in [0.29, 0.717) is 0 Å². The van der Waals surface area contributed by atoms with Crippen molar-refractivity contribution in [2.24, 2.45) is 0 Å². The van der Waals surface area contributed by atoms with Gasteiger partial charge in [0.1, 0.15) is 12.0 Å². The van der Waals surface area contributed by atoms with E-state index in [-0.39, 0.29) is 0 Å². The molecule has 0 aliphatic heterocycles. The maximum atomic E-state index is 4.12. The van der Waals surface area contributed by atoms with Crippen LogP contribution in [-0.4, -0.2) is 20.2 Å². The molecule has 0 bridgehead atoms. The van der Waals surface area contributed by atoms with Crippen LogP contribution in [0.1, 0.15) is 0 Å². The Bertz CT molecular complexity index is 308. The van der Waals surface area contributed by atoms with Crippen LogP contribution in [0.15, 0.2) is 36.9 Å². The smallest absolute Gasteiger partial charge is 0.138 e. The summed E-state index contributed by atoms with van der Waals surface area (Å²) >= 11 is 0. The number of rotatable bonds is 1. The van der Waals surface area contributed by atoms with Crippen molar-refractivity contribution in [1.29, 1.82) is 0 Å². The van der Waals surface area contributed by atoms with E-state index in [0.717, 1.165) is 11.4 Å². The standard InChI is InChI=1S/C8H6N4/c1-2-4-9-7(3-1)8-5-11-12-6-10-8/h1-6H. The average molecular weight is 158 g/mol. The molecule has 2 aromatic heterocycles. The Labute approximate surface area is 69.3 Å². The summed E-state index contributed by atoms with van der Waals surface area (Å²) in [5.41, 5.74) is 1.55. The highest BCUT2D eigenvalue weighted by atomic mass is 15.1. The predicted molar refractivity (Wildman–Crippen MR) is 43.1 cm³/mol.